The van der Waals surface area contributed by atoms with Gasteiger partial charge < -0.3 is 20.9 Å². The molecule has 0 saturated carbocycles. The maximum atomic E-state index is 13.4. The maximum absolute atomic E-state index is 13.4. The topological polar surface area (TPSA) is 87.4 Å². The Labute approximate surface area is 197 Å². The SMILES string of the molecule is Cc1cccc(NC(=O)N2CCN(c3nc(N)nc4ccc(-c5ccc(F)cc5)cc34)CC2)c1. The summed E-state index contributed by atoms with van der Waals surface area (Å²) in [5, 5.41) is 3.84. The second kappa shape index (κ2) is 8.97. The first kappa shape index (κ1) is 21.6. The Balaban J connectivity index is 1.36. The van der Waals surface area contributed by atoms with Crippen molar-refractivity contribution in [3.8, 4) is 11.1 Å². The standard InChI is InChI=1S/C26H25FN6O/c1-17-3-2-4-21(15-17)29-26(34)33-13-11-32(12-14-33)24-22-16-19(18-5-8-20(27)9-6-18)7-10-23(22)30-25(28)31-24/h2-10,15-16H,11-14H2,1H3,(H,29,34)(H2,28,30,31). The van der Waals surface area contributed by atoms with Crippen molar-refractivity contribution >= 4 is 34.4 Å². The zero-order valence-corrected chi connectivity index (χ0v) is 18.8. The van der Waals surface area contributed by atoms with Crippen molar-refractivity contribution in [2.45, 2.75) is 6.92 Å². The molecule has 2 amide bonds. The lowest BCUT2D eigenvalue weighted by Crippen LogP contribution is -2.50. The number of fused-ring (bicyclic) bond motifs is 1. The van der Waals surface area contributed by atoms with E-state index in [9.17, 15) is 9.18 Å². The Kier molecular flexibility index (Phi) is 5.71. The van der Waals surface area contributed by atoms with Gasteiger partial charge in [0.15, 0.2) is 0 Å². The number of aromatic nitrogens is 2. The highest BCUT2D eigenvalue weighted by molar-refractivity contribution is 5.94. The predicted molar refractivity (Wildman–Crippen MR) is 133 cm³/mol. The first-order valence-corrected chi connectivity index (χ1v) is 11.2. The summed E-state index contributed by atoms with van der Waals surface area (Å²) in [5.41, 5.74) is 10.5. The number of carbonyl (C=O) groups is 1. The zero-order valence-electron chi connectivity index (χ0n) is 18.8. The highest BCUT2D eigenvalue weighted by Crippen LogP contribution is 2.30. The van der Waals surface area contributed by atoms with E-state index in [4.69, 9.17) is 5.73 Å². The first-order valence-electron chi connectivity index (χ1n) is 11.2. The second-order valence-electron chi connectivity index (χ2n) is 8.42. The van der Waals surface area contributed by atoms with Crippen LogP contribution in [0.25, 0.3) is 22.0 Å². The van der Waals surface area contributed by atoms with E-state index in [0.717, 1.165) is 39.1 Å². The highest BCUT2D eigenvalue weighted by atomic mass is 19.1. The molecule has 0 radical (unpaired) electrons. The third kappa shape index (κ3) is 4.47. The number of amides is 2. The van der Waals surface area contributed by atoms with Gasteiger partial charge >= 0.3 is 6.03 Å². The van der Waals surface area contributed by atoms with E-state index in [1.165, 1.54) is 12.1 Å². The molecule has 5 rings (SSSR count). The van der Waals surface area contributed by atoms with E-state index in [-0.39, 0.29) is 17.8 Å². The number of halogens is 1. The molecule has 0 spiro atoms. The number of nitrogens with zero attached hydrogens (tertiary/aromatic N) is 4. The van der Waals surface area contributed by atoms with Crippen LogP contribution >= 0.6 is 0 Å². The normalized spacial score (nSPS) is 13.8. The molecule has 3 aromatic carbocycles. The lowest BCUT2D eigenvalue weighted by molar-refractivity contribution is 0.208. The van der Waals surface area contributed by atoms with Gasteiger partial charge in [-0.15, -0.1) is 0 Å². The highest BCUT2D eigenvalue weighted by Gasteiger charge is 2.24. The van der Waals surface area contributed by atoms with Gasteiger partial charge in [0.05, 0.1) is 5.52 Å². The smallest absolute Gasteiger partial charge is 0.321 e. The summed E-state index contributed by atoms with van der Waals surface area (Å²) in [6.07, 6.45) is 0. The average Bonchev–Trinajstić information content (AvgIpc) is 2.84. The summed E-state index contributed by atoms with van der Waals surface area (Å²) < 4.78 is 13.4. The number of piperazine rings is 1. The molecule has 172 valence electrons. The number of aryl methyl sites for hydroxylation is 1. The van der Waals surface area contributed by atoms with Crippen LogP contribution in [0.15, 0.2) is 66.7 Å². The third-order valence-electron chi connectivity index (χ3n) is 6.01. The molecule has 34 heavy (non-hydrogen) atoms. The number of hydrogen-bond acceptors (Lipinski definition) is 5. The average molecular weight is 457 g/mol. The molecule has 2 heterocycles. The fraction of sp³-hybridized carbons (Fsp3) is 0.192. The fourth-order valence-corrected chi connectivity index (χ4v) is 4.24. The monoisotopic (exact) mass is 456 g/mol. The van der Waals surface area contributed by atoms with Gasteiger partial charge in [0.1, 0.15) is 11.6 Å². The number of carbonyl (C=O) groups excluding carboxylic acids is 1. The Morgan fingerprint density at radius 3 is 2.41 bits per heavy atom. The van der Waals surface area contributed by atoms with Gasteiger partial charge in [-0.2, -0.15) is 4.98 Å². The van der Waals surface area contributed by atoms with Crippen molar-refractivity contribution in [1.29, 1.82) is 0 Å². The molecule has 0 unspecified atom stereocenters. The van der Waals surface area contributed by atoms with Gasteiger partial charge in [0, 0.05) is 37.3 Å². The molecule has 7 nitrogen and oxygen atoms in total. The Morgan fingerprint density at radius 1 is 0.941 bits per heavy atom. The minimum absolute atomic E-state index is 0.115. The van der Waals surface area contributed by atoms with Gasteiger partial charge in [-0.05, 0) is 60.0 Å². The number of nitrogen functional groups attached to an aromatic ring is 1. The van der Waals surface area contributed by atoms with Gasteiger partial charge in [0.2, 0.25) is 5.95 Å². The molecule has 4 aromatic rings. The molecule has 8 heteroatoms. The van der Waals surface area contributed by atoms with Gasteiger partial charge in [-0.3, -0.25) is 0 Å². The van der Waals surface area contributed by atoms with Gasteiger partial charge in [0.25, 0.3) is 0 Å². The van der Waals surface area contributed by atoms with Crippen LogP contribution in [0.4, 0.5) is 26.6 Å². The minimum atomic E-state index is -0.273. The molecule has 0 aliphatic carbocycles. The van der Waals surface area contributed by atoms with Crippen LogP contribution in [0, 0.1) is 12.7 Å². The third-order valence-corrected chi connectivity index (χ3v) is 6.01. The van der Waals surface area contributed by atoms with Crippen LogP contribution in [-0.4, -0.2) is 47.1 Å². The van der Waals surface area contributed by atoms with Crippen LogP contribution in [0.3, 0.4) is 0 Å². The zero-order chi connectivity index (χ0) is 23.7. The Hall–Kier alpha value is -4.20. The van der Waals surface area contributed by atoms with E-state index in [0.29, 0.717) is 26.2 Å². The number of urea groups is 1. The molecule has 1 aliphatic rings. The number of nitrogens with two attached hydrogens (primary N) is 1. The number of nitrogens with one attached hydrogen (secondary N) is 1. The van der Waals surface area contributed by atoms with E-state index in [1.54, 1.807) is 17.0 Å². The van der Waals surface area contributed by atoms with Crippen molar-refractivity contribution in [2.75, 3.05) is 42.1 Å². The fourth-order valence-electron chi connectivity index (χ4n) is 4.24. The molecule has 0 atom stereocenters. The van der Waals surface area contributed by atoms with E-state index >= 15 is 0 Å². The van der Waals surface area contributed by atoms with Crippen molar-refractivity contribution in [1.82, 2.24) is 14.9 Å². The summed E-state index contributed by atoms with van der Waals surface area (Å²) in [7, 11) is 0. The van der Waals surface area contributed by atoms with Gasteiger partial charge in [-0.25, -0.2) is 14.2 Å². The molecule has 1 fully saturated rings. The molecule has 1 aromatic heterocycles. The van der Waals surface area contributed by atoms with Crippen LogP contribution in [0.1, 0.15) is 5.56 Å². The van der Waals surface area contributed by atoms with Crippen LogP contribution in [0.2, 0.25) is 0 Å². The summed E-state index contributed by atoms with van der Waals surface area (Å²) in [6.45, 7) is 4.34. The summed E-state index contributed by atoms with van der Waals surface area (Å²) in [5.74, 6) is 0.674. The number of benzene rings is 3. The van der Waals surface area contributed by atoms with E-state index < -0.39 is 0 Å². The molecule has 1 saturated heterocycles. The van der Waals surface area contributed by atoms with E-state index in [2.05, 4.69) is 20.2 Å². The first-order chi connectivity index (χ1) is 16.5. The number of anilines is 3. The lowest BCUT2D eigenvalue weighted by atomic mass is 10.0. The van der Waals surface area contributed by atoms with Crippen molar-refractivity contribution in [2.24, 2.45) is 0 Å². The van der Waals surface area contributed by atoms with Crippen LogP contribution in [-0.2, 0) is 0 Å². The molecule has 3 N–H and O–H groups in total. The molecule has 1 aliphatic heterocycles. The maximum Gasteiger partial charge on any atom is 0.321 e. The predicted octanol–water partition coefficient (Wildman–Crippen LogP) is 4.68. The van der Waals surface area contributed by atoms with Gasteiger partial charge in [-0.1, -0.05) is 30.3 Å². The largest absolute Gasteiger partial charge is 0.368 e. The van der Waals surface area contributed by atoms with Crippen molar-refractivity contribution < 1.29 is 9.18 Å². The summed E-state index contributed by atoms with van der Waals surface area (Å²) >= 11 is 0. The van der Waals surface area contributed by atoms with Crippen molar-refractivity contribution in [3.05, 3.63) is 78.1 Å². The van der Waals surface area contributed by atoms with Crippen LogP contribution < -0.4 is 16.0 Å². The summed E-state index contributed by atoms with van der Waals surface area (Å²) in [6, 6.07) is 19.9. The lowest BCUT2D eigenvalue weighted by Gasteiger charge is -2.35. The number of rotatable bonds is 3. The minimum Gasteiger partial charge on any atom is -0.368 e. The molecule has 0 bridgehead atoms. The second-order valence-corrected chi connectivity index (χ2v) is 8.42. The van der Waals surface area contributed by atoms with E-state index in [1.807, 2.05) is 49.4 Å². The van der Waals surface area contributed by atoms with Crippen LogP contribution in [0.5, 0.6) is 0 Å². The number of hydrogen-bond donors (Lipinski definition) is 2. The Morgan fingerprint density at radius 2 is 1.68 bits per heavy atom. The Bertz CT molecular complexity index is 1350. The van der Waals surface area contributed by atoms with Crippen molar-refractivity contribution in [3.63, 3.8) is 0 Å². The molecular weight excluding hydrogens is 431 g/mol. The quantitative estimate of drug-likeness (QED) is 0.467. The summed E-state index contributed by atoms with van der Waals surface area (Å²) in [4.78, 5) is 25.6. The molecular formula is C26H25FN6O.